The molecule has 3 N–H and O–H groups in total. The van der Waals surface area contributed by atoms with Gasteiger partial charge in [-0.15, -0.1) is 0 Å². The standard InChI is InChI=1S/C14H19FN2O2/c1-19-10-5-6-12(15)13(7-10)17-14(18)11-4-2-3-9(11)8-16/h5-7,9,11H,2-4,8,16H2,1H3,(H,17,18)/t9-,11-/m1/s1. The molecule has 1 fully saturated rings. The van der Waals surface area contributed by atoms with Gasteiger partial charge in [-0.25, -0.2) is 4.39 Å². The van der Waals surface area contributed by atoms with E-state index in [1.54, 1.807) is 0 Å². The van der Waals surface area contributed by atoms with Gasteiger partial charge in [0.05, 0.1) is 12.8 Å². The molecule has 0 aromatic heterocycles. The number of carbonyl (C=O) groups is 1. The molecule has 5 heteroatoms. The Balaban J connectivity index is 2.10. The van der Waals surface area contributed by atoms with Gasteiger partial charge in [0.15, 0.2) is 0 Å². The van der Waals surface area contributed by atoms with Crippen LogP contribution in [-0.4, -0.2) is 19.6 Å². The normalized spacial score (nSPS) is 22.3. The molecular formula is C14H19FN2O2. The van der Waals surface area contributed by atoms with Crippen LogP contribution in [0.2, 0.25) is 0 Å². The monoisotopic (exact) mass is 266 g/mol. The van der Waals surface area contributed by atoms with E-state index in [1.807, 2.05) is 0 Å². The van der Waals surface area contributed by atoms with Crippen molar-refractivity contribution in [3.63, 3.8) is 0 Å². The molecule has 1 aliphatic carbocycles. The van der Waals surface area contributed by atoms with Gasteiger partial charge in [0.25, 0.3) is 0 Å². The summed E-state index contributed by atoms with van der Waals surface area (Å²) in [5, 5.41) is 2.64. The third-order valence-electron chi connectivity index (χ3n) is 3.73. The highest BCUT2D eigenvalue weighted by Crippen LogP contribution is 2.32. The minimum absolute atomic E-state index is 0.115. The molecule has 0 heterocycles. The van der Waals surface area contributed by atoms with Crippen molar-refractivity contribution in [1.82, 2.24) is 0 Å². The molecule has 0 radical (unpaired) electrons. The number of methoxy groups -OCH3 is 1. The Kier molecular flexibility index (Phi) is 4.37. The largest absolute Gasteiger partial charge is 0.497 e. The molecule has 2 atom stereocenters. The topological polar surface area (TPSA) is 64.3 Å². The molecule has 1 aromatic carbocycles. The molecule has 0 bridgehead atoms. The molecule has 0 spiro atoms. The van der Waals surface area contributed by atoms with Crippen LogP contribution >= 0.6 is 0 Å². The molecule has 104 valence electrons. The SMILES string of the molecule is COc1ccc(F)c(NC(=O)[C@@H]2CCC[C@@H]2CN)c1. The Morgan fingerprint density at radius 3 is 3.00 bits per heavy atom. The van der Waals surface area contributed by atoms with Crippen LogP contribution in [0, 0.1) is 17.7 Å². The third-order valence-corrected chi connectivity index (χ3v) is 3.73. The molecule has 4 nitrogen and oxygen atoms in total. The number of nitrogens with two attached hydrogens (primary N) is 1. The van der Waals surface area contributed by atoms with Crippen molar-refractivity contribution in [3.8, 4) is 5.75 Å². The maximum atomic E-state index is 13.6. The Hall–Kier alpha value is -1.62. The van der Waals surface area contributed by atoms with Gasteiger partial charge in [0.2, 0.25) is 5.91 Å². The Bertz CT molecular complexity index is 465. The molecule has 19 heavy (non-hydrogen) atoms. The second-order valence-electron chi connectivity index (χ2n) is 4.87. The average molecular weight is 266 g/mol. The fraction of sp³-hybridized carbons (Fsp3) is 0.500. The van der Waals surface area contributed by atoms with Gasteiger partial charge < -0.3 is 15.8 Å². The highest BCUT2D eigenvalue weighted by molar-refractivity contribution is 5.93. The zero-order valence-electron chi connectivity index (χ0n) is 11.0. The van der Waals surface area contributed by atoms with Gasteiger partial charge in [0.1, 0.15) is 11.6 Å². The predicted molar refractivity (Wildman–Crippen MR) is 71.5 cm³/mol. The Morgan fingerprint density at radius 2 is 2.32 bits per heavy atom. The van der Waals surface area contributed by atoms with Crippen molar-refractivity contribution in [2.45, 2.75) is 19.3 Å². The van der Waals surface area contributed by atoms with E-state index < -0.39 is 5.82 Å². The van der Waals surface area contributed by atoms with Crippen LogP contribution in [0.25, 0.3) is 0 Å². The zero-order valence-corrected chi connectivity index (χ0v) is 11.0. The molecule has 0 aliphatic heterocycles. The first kappa shape index (κ1) is 13.8. The summed E-state index contributed by atoms with van der Waals surface area (Å²) in [5.74, 6) is -0.0145. The molecule has 0 unspecified atom stereocenters. The van der Waals surface area contributed by atoms with E-state index in [9.17, 15) is 9.18 Å². The van der Waals surface area contributed by atoms with Gasteiger partial charge in [-0.3, -0.25) is 4.79 Å². The first-order chi connectivity index (χ1) is 9.15. The summed E-state index contributed by atoms with van der Waals surface area (Å²) in [6.45, 7) is 0.499. The number of hydrogen-bond donors (Lipinski definition) is 2. The summed E-state index contributed by atoms with van der Waals surface area (Å²) < 4.78 is 18.7. The number of carbonyl (C=O) groups excluding carboxylic acids is 1. The molecule has 1 aromatic rings. The number of nitrogens with one attached hydrogen (secondary N) is 1. The van der Waals surface area contributed by atoms with Crippen molar-refractivity contribution < 1.29 is 13.9 Å². The number of amides is 1. The number of hydrogen-bond acceptors (Lipinski definition) is 3. The summed E-state index contributed by atoms with van der Waals surface area (Å²) in [4.78, 5) is 12.2. The van der Waals surface area contributed by atoms with Crippen molar-refractivity contribution in [3.05, 3.63) is 24.0 Å². The lowest BCUT2D eigenvalue weighted by Crippen LogP contribution is -2.30. The second-order valence-corrected chi connectivity index (χ2v) is 4.87. The van der Waals surface area contributed by atoms with Gasteiger partial charge in [0, 0.05) is 12.0 Å². The van der Waals surface area contributed by atoms with Crippen LogP contribution in [0.3, 0.4) is 0 Å². The van der Waals surface area contributed by atoms with Crippen LogP contribution in [-0.2, 0) is 4.79 Å². The van der Waals surface area contributed by atoms with Gasteiger partial charge in [-0.2, -0.15) is 0 Å². The van der Waals surface area contributed by atoms with E-state index in [4.69, 9.17) is 10.5 Å². The quantitative estimate of drug-likeness (QED) is 0.877. The molecule has 2 rings (SSSR count). The van der Waals surface area contributed by atoms with E-state index >= 15 is 0 Å². The maximum Gasteiger partial charge on any atom is 0.227 e. The number of rotatable bonds is 4. The first-order valence-electron chi connectivity index (χ1n) is 6.50. The van der Waals surface area contributed by atoms with Crippen LogP contribution in [0.4, 0.5) is 10.1 Å². The van der Waals surface area contributed by atoms with E-state index in [0.717, 1.165) is 19.3 Å². The summed E-state index contributed by atoms with van der Waals surface area (Å²) in [7, 11) is 1.50. The van der Waals surface area contributed by atoms with Crippen LogP contribution < -0.4 is 15.8 Å². The maximum absolute atomic E-state index is 13.6. The number of ether oxygens (including phenoxy) is 1. The van der Waals surface area contributed by atoms with E-state index in [2.05, 4.69) is 5.32 Å². The number of benzene rings is 1. The van der Waals surface area contributed by atoms with Crippen molar-refractivity contribution in [2.75, 3.05) is 19.0 Å². The minimum atomic E-state index is -0.462. The fourth-order valence-corrected chi connectivity index (χ4v) is 2.62. The molecule has 1 amide bonds. The van der Waals surface area contributed by atoms with Crippen LogP contribution in [0.15, 0.2) is 18.2 Å². The summed E-state index contributed by atoms with van der Waals surface area (Å²) in [6, 6.07) is 4.28. The van der Waals surface area contributed by atoms with Gasteiger partial charge in [-0.1, -0.05) is 6.42 Å². The molecular weight excluding hydrogens is 247 g/mol. The zero-order chi connectivity index (χ0) is 13.8. The molecule has 1 saturated carbocycles. The molecule has 1 aliphatic rings. The van der Waals surface area contributed by atoms with Gasteiger partial charge in [-0.05, 0) is 37.4 Å². The number of anilines is 1. The Labute approximate surface area is 112 Å². The smallest absolute Gasteiger partial charge is 0.227 e. The fourth-order valence-electron chi connectivity index (χ4n) is 2.62. The third kappa shape index (κ3) is 3.04. The summed E-state index contributed by atoms with van der Waals surface area (Å²) in [6.07, 6.45) is 2.79. The van der Waals surface area contributed by atoms with Crippen molar-refractivity contribution in [1.29, 1.82) is 0 Å². The Morgan fingerprint density at radius 1 is 1.53 bits per heavy atom. The van der Waals surface area contributed by atoms with Crippen molar-refractivity contribution in [2.24, 2.45) is 17.6 Å². The second kappa shape index (κ2) is 6.02. The lowest BCUT2D eigenvalue weighted by atomic mass is 9.95. The predicted octanol–water partition coefficient (Wildman–Crippen LogP) is 2.15. The van der Waals surface area contributed by atoms with E-state index in [-0.39, 0.29) is 23.4 Å². The average Bonchev–Trinajstić information content (AvgIpc) is 2.89. The highest BCUT2D eigenvalue weighted by atomic mass is 19.1. The highest BCUT2D eigenvalue weighted by Gasteiger charge is 2.32. The minimum Gasteiger partial charge on any atom is -0.497 e. The summed E-state index contributed by atoms with van der Waals surface area (Å²) >= 11 is 0. The van der Waals surface area contributed by atoms with E-state index in [1.165, 1.54) is 25.3 Å². The van der Waals surface area contributed by atoms with E-state index in [0.29, 0.717) is 12.3 Å². The first-order valence-corrected chi connectivity index (χ1v) is 6.50. The lowest BCUT2D eigenvalue weighted by Gasteiger charge is -2.17. The lowest BCUT2D eigenvalue weighted by molar-refractivity contribution is -0.120. The van der Waals surface area contributed by atoms with Crippen molar-refractivity contribution >= 4 is 11.6 Å². The van der Waals surface area contributed by atoms with Crippen LogP contribution in [0.1, 0.15) is 19.3 Å². The van der Waals surface area contributed by atoms with Gasteiger partial charge >= 0.3 is 0 Å². The number of halogens is 1. The molecule has 0 saturated heterocycles. The summed E-state index contributed by atoms with van der Waals surface area (Å²) in [5.41, 5.74) is 5.82. The van der Waals surface area contributed by atoms with Crippen LogP contribution in [0.5, 0.6) is 5.75 Å².